The summed E-state index contributed by atoms with van der Waals surface area (Å²) < 4.78 is 38.4. The maximum atomic E-state index is 13.0. The summed E-state index contributed by atoms with van der Waals surface area (Å²) in [5.74, 6) is 0.682. The fourth-order valence-corrected chi connectivity index (χ4v) is 7.56. The van der Waals surface area contributed by atoms with Gasteiger partial charge in [0.1, 0.15) is 16.6 Å². The number of ether oxygens (including phenoxy) is 2. The van der Waals surface area contributed by atoms with Crippen LogP contribution < -0.4 is 10.1 Å². The van der Waals surface area contributed by atoms with Gasteiger partial charge in [-0.15, -0.1) is 11.3 Å². The van der Waals surface area contributed by atoms with Gasteiger partial charge in [0.25, 0.3) is 0 Å². The Morgan fingerprint density at radius 1 is 1.14 bits per heavy atom. The van der Waals surface area contributed by atoms with Gasteiger partial charge in [-0.1, -0.05) is 24.6 Å². The maximum Gasteiger partial charge on any atom is 0.306 e. The Kier molecular flexibility index (Phi) is 10.8. The van der Waals surface area contributed by atoms with E-state index in [9.17, 15) is 13.2 Å². The third-order valence-electron chi connectivity index (χ3n) is 6.32. The average molecular weight is 566 g/mol. The Morgan fingerprint density at radius 2 is 1.92 bits per heavy atom. The minimum atomic E-state index is -3.37. The number of halogens is 1. The molecule has 9 heteroatoms. The van der Waals surface area contributed by atoms with Gasteiger partial charge in [-0.2, -0.15) is 0 Å². The Hall–Kier alpha value is -2.13. The normalized spacial score (nSPS) is 12.6. The second kappa shape index (κ2) is 13.6. The van der Waals surface area contributed by atoms with Crippen molar-refractivity contribution in [2.45, 2.75) is 63.6 Å². The van der Waals surface area contributed by atoms with Crippen LogP contribution in [0.5, 0.6) is 5.75 Å². The molecule has 0 fully saturated rings. The SMILES string of the molecule is CCOC(=O)CCc1ccc(OCC(CC)NCCCS(=O)(=O)c2sc3ccc(Cl)cc3c2C)cc1C. The fraction of sp³-hybridized carbons (Fsp3) is 0.464. The van der Waals surface area contributed by atoms with Crippen LogP contribution in [0.25, 0.3) is 10.1 Å². The van der Waals surface area contributed by atoms with Crippen LogP contribution in [0.15, 0.2) is 40.6 Å². The first-order chi connectivity index (χ1) is 17.6. The Bertz CT molecular complexity index is 1320. The number of esters is 1. The number of nitrogens with one attached hydrogen (secondary N) is 1. The predicted molar refractivity (Wildman–Crippen MR) is 152 cm³/mol. The molecule has 1 N–H and O–H groups in total. The zero-order chi connectivity index (χ0) is 27.0. The number of carbonyl (C=O) groups is 1. The third kappa shape index (κ3) is 8.18. The molecule has 3 rings (SSSR count). The first-order valence-electron chi connectivity index (χ1n) is 12.7. The highest BCUT2D eigenvalue weighted by atomic mass is 35.5. The number of hydrogen-bond donors (Lipinski definition) is 1. The summed E-state index contributed by atoms with van der Waals surface area (Å²) >= 11 is 7.41. The maximum absolute atomic E-state index is 13.0. The molecule has 2 aromatic carbocycles. The molecule has 6 nitrogen and oxygen atoms in total. The van der Waals surface area contributed by atoms with Crippen LogP contribution in [-0.4, -0.2) is 45.9 Å². The standard InChI is InChI=1S/C28H36ClNO5S2/c1-5-23(18-35-24-11-8-21(19(3)16-24)9-13-27(31)34-6-2)30-14-7-15-37(32,33)28-20(4)25-17-22(29)10-12-26(25)36-28/h8,10-12,16-17,23,30H,5-7,9,13-15,18H2,1-4H3. The number of carbonyl (C=O) groups excluding carboxylic acids is 1. The summed E-state index contributed by atoms with van der Waals surface area (Å²) in [6, 6.07) is 11.5. The second-order valence-electron chi connectivity index (χ2n) is 9.09. The lowest BCUT2D eigenvalue weighted by Crippen LogP contribution is -2.35. The minimum Gasteiger partial charge on any atom is -0.492 e. The van der Waals surface area contributed by atoms with Crippen molar-refractivity contribution in [3.63, 3.8) is 0 Å². The Balaban J connectivity index is 1.47. The molecule has 202 valence electrons. The van der Waals surface area contributed by atoms with Crippen molar-refractivity contribution < 1.29 is 22.7 Å². The Morgan fingerprint density at radius 3 is 2.62 bits per heavy atom. The molecular formula is C28H36ClNO5S2. The highest BCUT2D eigenvalue weighted by Crippen LogP contribution is 2.36. The molecule has 0 aliphatic carbocycles. The van der Waals surface area contributed by atoms with Crippen LogP contribution in [0.1, 0.15) is 49.8 Å². The van der Waals surface area contributed by atoms with Crippen molar-refractivity contribution in [3.05, 3.63) is 58.1 Å². The molecule has 0 aliphatic heterocycles. The van der Waals surface area contributed by atoms with Crippen molar-refractivity contribution in [2.24, 2.45) is 0 Å². The summed E-state index contributed by atoms with van der Waals surface area (Å²) in [5.41, 5.74) is 2.95. The van der Waals surface area contributed by atoms with Gasteiger partial charge in [-0.3, -0.25) is 4.79 Å². The molecule has 0 spiro atoms. The molecule has 1 unspecified atom stereocenters. The van der Waals surface area contributed by atoms with E-state index in [-0.39, 0.29) is 17.8 Å². The van der Waals surface area contributed by atoms with E-state index in [1.54, 1.807) is 13.0 Å². The van der Waals surface area contributed by atoms with E-state index < -0.39 is 9.84 Å². The summed E-state index contributed by atoms with van der Waals surface area (Å²) in [7, 11) is -3.37. The molecule has 1 aromatic heterocycles. The number of rotatable bonds is 14. The van der Waals surface area contributed by atoms with Gasteiger partial charge in [0, 0.05) is 22.2 Å². The first-order valence-corrected chi connectivity index (χ1v) is 15.5. The van der Waals surface area contributed by atoms with E-state index in [0.29, 0.717) is 48.3 Å². The van der Waals surface area contributed by atoms with Crippen molar-refractivity contribution in [1.29, 1.82) is 0 Å². The lowest BCUT2D eigenvalue weighted by molar-refractivity contribution is -0.143. The molecule has 1 heterocycles. The van der Waals surface area contributed by atoms with Gasteiger partial charge in [-0.25, -0.2) is 8.42 Å². The topological polar surface area (TPSA) is 81.7 Å². The molecule has 0 saturated carbocycles. The monoisotopic (exact) mass is 565 g/mol. The van der Waals surface area contributed by atoms with Crippen LogP contribution in [0, 0.1) is 13.8 Å². The summed E-state index contributed by atoms with van der Waals surface area (Å²) in [4.78, 5) is 11.6. The van der Waals surface area contributed by atoms with E-state index in [1.807, 2.05) is 44.2 Å². The highest BCUT2D eigenvalue weighted by molar-refractivity contribution is 7.93. The predicted octanol–water partition coefficient (Wildman–Crippen LogP) is 6.28. The zero-order valence-electron chi connectivity index (χ0n) is 21.9. The van der Waals surface area contributed by atoms with Crippen LogP contribution >= 0.6 is 22.9 Å². The average Bonchev–Trinajstić information content (AvgIpc) is 3.19. The number of thiophene rings is 1. The molecule has 0 amide bonds. The van der Waals surface area contributed by atoms with E-state index >= 15 is 0 Å². The molecule has 37 heavy (non-hydrogen) atoms. The molecule has 0 saturated heterocycles. The van der Waals surface area contributed by atoms with E-state index in [4.69, 9.17) is 21.1 Å². The lowest BCUT2D eigenvalue weighted by Gasteiger charge is -2.18. The number of fused-ring (bicyclic) bond motifs is 1. The summed E-state index contributed by atoms with van der Waals surface area (Å²) in [6.45, 7) is 9.21. The third-order valence-corrected chi connectivity index (χ3v) is 10.3. The van der Waals surface area contributed by atoms with Crippen molar-refractivity contribution >= 4 is 48.8 Å². The minimum absolute atomic E-state index is 0.0884. The first kappa shape index (κ1) is 29.4. The molecule has 1 atom stereocenters. The van der Waals surface area contributed by atoms with Crippen molar-refractivity contribution in [3.8, 4) is 5.75 Å². The van der Waals surface area contributed by atoms with Gasteiger partial charge in [0.2, 0.25) is 0 Å². The lowest BCUT2D eigenvalue weighted by atomic mass is 10.0. The molecule has 0 radical (unpaired) electrons. The molecule has 0 aliphatic rings. The van der Waals surface area contributed by atoms with Gasteiger partial charge in [-0.05, 0) is 99.0 Å². The van der Waals surface area contributed by atoms with Crippen LogP contribution in [0.2, 0.25) is 5.02 Å². The fourth-order valence-electron chi connectivity index (χ4n) is 4.15. The number of sulfone groups is 1. The largest absolute Gasteiger partial charge is 0.492 e. The van der Waals surface area contributed by atoms with E-state index in [0.717, 1.165) is 38.9 Å². The number of benzene rings is 2. The number of hydrogen-bond acceptors (Lipinski definition) is 7. The molecule has 3 aromatic rings. The van der Waals surface area contributed by atoms with Gasteiger partial charge >= 0.3 is 5.97 Å². The van der Waals surface area contributed by atoms with Gasteiger partial charge in [0.15, 0.2) is 9.84 Å². The summed E-state index contributed by atoms with van der Waals surface area (Å²) in [6.07, 6.45) is 2.38. The molecule has 0 bridgehead atoms. The Labute approximate surface area is 229 Å². The number of aryl methyl sites for hydroxylation is 3. The quantitative estimate of drug-likeness (QED) is 0.183. The molecular weight excluding hydrogens is 530 g/mol. The van der Waals surface area contributed by atoms with Crippen LogP contribution in [-0.2, 0) is 25.8 Å². The van der Waals surface area contributed by atoms with Gasteiger partial charge in [0.05, 0.1) is 12.4 Å². The van der Waals surface area contributed by atoms with Crippen molar-refractivity contribution in [1.82, 2.24) is 5.32 Å². The zero-order valence-corrected chi connectivity index (χ0v) is 24.3. The van der Waals surface area contributed by atoms with Crippen molar-refractivity contribution in [2.75, 3.05) is 25.5 Å². The van der Waals surface area contributed by atoms with Crippen LogP contribution in [0.3, 0.4) is 0 Å². The second-order valence-corrected chi connectivity index (χ2v) is 12.9. The smallest absolute Gasteiger partial charge is 0.306 e. The van der Waals surface area contributed by atoms with Crippen LogP contribution in [0.4, 0.5) is 0 Å². The summed E-state index contributed by atoms with van der Waals surface area (Å²) in [5, 5.41) is 4.94. The van der Waals surface area contributed by atoms with Gasteiger partial charge < -0.3 is 14.8 Å². The van der Waals surface area contributed by atoms with E-state index in [2.05, 4.69) is 12.2 Å². The highest BCUT2D eigenvalue weighted by Gasteiger charge is 2.22. The van der Waals surface area contributed by atoms with E-state index in [1.165, 1.54) is 11.3 Å².